The van der Waals surface area contributed by atoms with Crippen molar-refractivity contribution < 1.29 is 24.2 Å². The number of hydrogen-bond acceptors (Lipinski definition) is 5. The Labute approximate surface area is 200 Å². The first kappa shape index (κ1) is 23.3. The van der Waals surface area contributed by atoms with Crippen LogP contribution in [0.15, 0.2) is 60.9 Å². The van der Waals surface area contributed by atoms with Crippen molar-refractivity contribution in [2.45, 2.75) is 24.9 Å². The fourth-order valence-electron chi connectivity index (χ4n) is 4.04. The molecule has 34 heavy (non-hydrogen) atoms. The summed E-state index contributed by atoms with van der Waals surface area (Å²) in [4.78, 5) is 36.2. The second-order valence-electron chi connectivity index (χ2n) is 7.83. The molecule has 0 saturated heterocycles. The van der Waals surface area contributed by atoms with Crippen molar-refractivity contribution in [3.8, 4) is 11.1 Å². The molecule has 176 valence electrons. The van der Waals surface area contributed by atoms with Gasteiger partial charge in [0.25, 0.3) is 0 Å². The number of aromatic nitrogens is 2. The van der Waals surface area contributed by atoms with Gasteiger partial charge in [0.2, 0.25) is 5.91 Å². The molecule has 1 aliphatic carbocycles. The first-order chi connectivity index (χ1) is 16.4. The third-order valence-corrected chi connectivity index (χ3v) is 5.77. The molecule has 0 saturated carbocycles. The van der Waals surface area contributed by atoms with E-state index in [1.807, 2.05) is 48.5 Å². The lowest BCUT2D eigenvalue weighted by Gasteiger charge is -2.18. The third kappa shape index (κ3) is 5.37. The SMILES string of the molecule is O=C(O)CC(NC(=O)OCC1c2ccccc2-c2ccccc21)C(=O)NCCn1cc(Cl)cn1. The molecule has 9 nitrogen and oxygen atoms in total. The smallest absolute Gasteiger partial charge is 0.407 e. The van der Waals surface area contributed by atoms with E-state index < -0.39 is 30.4 Å². The topological polar surface area (TPSA) is 123 Å². The van der Waals surface area contributed by atoms with E-state index in [2.05, 4.69) is 15.7 Å². The van der Waals surface area contributed by atoms with Gasteiger partial charge >= 0.3 is 12.1 Å². The number of halogens is 1. The van der Waals surface area contributed by atoms with Gasteiger partial charge < -0.3 is 20.5 Å². The Balaban J connectivity index is 1.35. The predicted octanol–water partition coefficient (Wildman–Crippen LogP) is 3.03. The second kappa shape index (κ2) is 10.4. The first-order valence-corrected chi connectivity index (χ1v) is 11.1. The average Bonchev–Trinajstić information content (AvgIpc) is 3.37. The van der Waals surface area contributed by atoms with Crippen molar-refractivity contribution in [3.05, 3.63) is 77.1 Å². The van der Waals surface area contributed by atoms with Gasteiger partial charge in [0.1, 0.15) is 12.6 Å². The Hall–Kier alpha value is -3.85. The van der Waals surface area contributed by atoms with Crippen LogP contribution in [0.1, 0.15) is 23.5 Å². The number of benzene rings is 2. The van der Waals surface area contributed by atoms with Crippen LogP contribution in [0.5, 0.6) is 0 Å². The minimum Gasteiger partial charge on any atom is -0.481 e. The number of carbonyl (C=O) groups excluding carboxylic acids is 2. The molecular formula is C24H23ClN4O5. The average molecular weight is 483 g/mol. The summed E-state index contributed by atoms with van der Waals surface area (Å²) in [5, 5.41) is 18.6. The van der Waals surface area contributed by atoms with Gasteiger partial charge in [-0.2, -0.15) is 5.10 Å². The summed E-state index contributed by atoms with van der Waals surface area (Å²) in [5.74, 6) is -2.00. The maximum absolute atomic E-state index is 12.5. The molecule has 2 amide bonds. The molecule has 3 aromatic rings. The number of alkyl carbamates (subject to hydrolysis) is 1. The fourth-order valence-corrected chi connectivity index (χ4v) is 4.20. The van der Waals surface area contributed by atoms with Crippen molar-refractivity contribution in [2.75, 3.05) is 13.2 Å². The number of amides is 2. The Morgan fingerprint density at radius 3 is 2.32 bits per heavy atom. The molecule has 1 heterocycles. The first-order valence-electron chi connectivity index (χ1n) is 10.7. The van der Waals surface area contributed by atoms with E-state index in [1.54, 1.807) is 6.20 Å². The number of nitrogens with one attached hydrogen (secondary N) is 2. The van der Waals surface area contributed by atoms with E-state index in [0.717, 1.165) is 22.3 Å². The number of carboxylic acids is 1. The zero-order chi connectivity index (χ0) is 24.1. The Bertz CT molecular complexity index is 1170. The largest absolute Gasteiger partial charge is 0.481 e. The maximum Gasteiger partial charge on any atom is 0.407 e. The lowest BCUT2D eigenvalue weighted by Crippen LogP contribution is -2.48. The van der Waals surface area contributed by atoms with Crippen LogP contribution in [-0.2, 0) is 20.9 Å². The number of fused-ring (bicyclic) bond motifs is 3. The van der Waals surface area contributed by atoms with Crippen LogP contribution in [0.4, 0.5) is 4.79 Å². The summed E-state index contributed by atoms with van der Waals surface area (Å²) in [6.07, 6.45) is 1.62. The highest BCUT2D eigenvalue weighted by atomic mass is 35.5. The van der Waals surface area contributed by atoms with Gasteiger partial charge in [-0.25, -0.2) is 4.79 Å². The summed E-state index contributed by atoms with van der Waals surface area (Å²) in [6, 6.07) is 14.5. The molecule has 0 fully saturated rings. The maximum atomic E-state index is 12.5. The number of carbonyl (C=O) groups is 3. The lowest BCUT2D eigenvalue weighted by molar-refractivity contribution is -0.139. The van der Waals surface area contributed by atoms with Crippen LogP contribution in [0.25, 0.3) is 11.1 Å². The predicted molar refractivity (Wildman–Crippen MR) is 124 cm³/mol. The molecule has 0 radical (unpaired) electrons. The number of nitrogens with zero attached hydrogens (tertiary/aromatic N) is 2. The van der Waals surface area contributed by atoms with Crippen molar-refractivity contribution in [1.82, 2.24) is 20.4 Å². The van der Waals surface area contributed by atoms with E-state index in [9.17, 15) is 19.5 Å². The molecule has 1 aromatic heterocycles. The fraction of sp³-hybridized carbons (Fsp3) is 0.250. The summed E-state index contributed by atoms with van der Waals surface area (Å²) in [5.41, 5.74) is 4.28. The van der Waals surface area contributed by atoms with Crippen LogP contribution >= 0.6 is 11.6 Å². The third-order valence-electron chi connectivity index (χ3n) is 5.57. The quantitative estimate of drug-likeness (QED) is 0.431. The standard InChI is InChI=1S/C24H23ClN4O5/c25-15-12-27-29(13-15)10-9-26-23(32)21(11-22(30)31)28-24(33)34-14-20-18-7-3-1-5-16(18)17-6-2-4-8-19(17)20/h1-8,12-13,20-21H,9-11,14H2,(H,26,32)(H,28,33)(H,30,31). The van der Waals surface area contributed by atoms with E-state index >= 15 is 0 Å². The number of hydrogen-bond donors (Lipinski definition) is 3. The Kier molecular flexibility index (Phi) is 7.12. The van der Waals surface area contributed by atoms with Crippen molar-refractivity contribution in [1.29, 1.82) is 0 Å². The zero-order valence-electron chi connectivity index (χ0n) is 18.1. The van der Waals surface area contributed by atoms with E-state index in [0.29, 0.717) is 11.6 Å². The molecule has 4 rings (SSSR count). The highest BCUT2D eigenvalue weighted by Crippen LogP contribution is 2.44. The molecule has 10 heteroatoms. The van der Waals surface area contributed by atoms with Crippen molar-refractivity contribution in [3.63, 3.8) is 0 Å². The molecule has 1 aliphatic rings. The number of aliphatic carboxylic acids is 1. The normalized spacial score (nSPS) is 13.0. The van der Waals surface area contributed by atoms with Gasteiger partial charge in [0, 0.05) is 18.7 Å². The molecule has 1 unspecified atom stereocenters. The van der Waals surface area contributed by atoms with Gasteiger partial charge in [0.15, 0.2) is 0 Å². The summed E-state index contributed by atoms with van der Waals surface area (Å²) < 4.78 is 6.96. The Morgan fingerprint density at radius 1 is 1.09 bits per heavy atom. The highest BCUT2D eigenvalue weighted by Gasteiger charge is 2.30. The number of carboxylic acid groups (broad SMARTS) is 1. The van der Waals surface area contributed by atoms with Gasteiger partial charge in [-0.3, -0.25) is 14.3 Å². The van der Waals surface area contributed by atoms with Crippen LogP contribution in [0, 0.1) is 0 Å². The summed E-state index contributed by atoms with van der Waals surface area (Å²) in [6.45, 7) is 0.573. The van der Waals surface area contributed by atoms with Crippen molar-refractivity contribution >= 4 is 29.6 Å². The van der Waals surface area contributed by atoms with Crippen LogP contribution in [0.2, 0.25) is 5.02 Å². The van der Waals surface area contributed by atoms with Gasteiger partial charge in [-0.15, -0.1) is 0 Å². The number of ether oxygens (including phenoxy) is 1. The summed E-state index contributed by atoms with van der Waals surface area (Å²) in [7, 11) is 0. The molecule has 3 N–H and O–H groups in total. The summed E-state index contributed by atoms with van der Waals surface area (Å²) >= 11 is 5.80. The van der Waals surface area contributed by atoms with Crippen LogP contribution < -0.4 is 10.6 Å². The lowest BCUT2D eigenvalue weighted by atomic mass is 9.98. The minimum atomic E-state index is -1.28. The van der Waals surface area contributed by atoms with E-state index in [1.165, 1.54) is 10.9 Å². The molecular weight excluding hydrogens is 460 g/mol. The highest BCUT2D eigenvalue weighted by molar-refractivity contribution is 6.30. The molecule has 0 spiro atoms. The minimum absolute atomic E-state index is 0.0569. The van der Waals surface area contributed by atoms with Crippen molar-refractivity contribution in [2.24, 2.45) is 0 Å². The molecule has 2 aromatic carbocycles. The van der Waals surface area contributed by atoms with Crippen LogP contribution in [0.3, 0.4) is 0 Å². The zero-order valence-corrected chi connectivity index (χ0v) is 18.9. The monoisotopic (exact) mass is 482 g/mol. The van der Waals surface area contributed by atoms with Gasteiger partial charge in [-0.1, -0.05) is 60.1 Å². The molecule has 1 atom stereocenters. The second-order valence-corrected chi connectivity index (χ2v) is 8.27. The number of rotatable bonds is 9. The van der Waals surface area contributed by atoms with Gasteiger partial charge in [0.05, 0.1) is 24.2 Å². The molecule has 0 aliphatic heterocycles. The van der Waals surface area contributed by atoms with E-state index in [-0.39, 0.29) is 19.1 Å². The molecule has 0 bridgehead atoms. The van der Waals surface area contributed by atoms with E-state index in [4.69, 9.17) is 16.3 Å². The van der Waals surface area contributed by atoms with Crippen LogP contribution in [-0.4, -0.2) is 52.1 Å². The Morgan fingerprint density at radius 2 is 1.74 bits per heavy atom. The van der Waals surface area contributed by atoms with Gasteiger partial charge in [-0.05, 0) is 22.3 Å².